The SMILES string of the molecule is Cc1c(C)c(OC(=O)[C@@H](Cc2ccccc2)NC(=O)OC(C)(C)C)c(C)c2c1C[C@](C)(CCC[C@H](C)CCC[C@@H](C)CCCC(C)C)CO2. The molecule has 1 amide bonds. The number of amides is 1. The normalized spacial score (nSPS) is 17.9. The lowest BCUT2D eigenvalue weighted by Crippen LogP contribution is -2.46. The molecule has 4 atom stereocenters. The van der Waals surface area contributed by atoms with Crippen molar-refractivity contribution in [3.8, 4) is 11.5 Å². The molecule has 1 aliphatic heterocycles. The molecule has 1 heterocycles. The van der Waals surface area contributed by atoms with Crippen LogP contribution in [0, 0.1) is 43.9 Å². The minimum Gasteiger partial charge on any atom is -0.492 e. The Kier molecular flexibility index (Phi) is 15.1. The van der Waals surface area contributed by atoms with Crippen LogP contribution in [0.3, 0.4) is 0 Å². The molecule has 6 heteroatoms. The second-order valence-electron chi connectivity index (χ2n) is 17.0. The zero-order valence-electron chi connectivity index (χ0n) is 32.7. The lowest BCUT2D eigenvalue weighted by Gasteiger charge is -2.37. The molecule has 0 aliphatic carbocycles. The molecular formula is C43H67NO5. The zero-order chi connectivity index (χ0) is 36.4. The fraction of sp³-hybridized carbons (Fsp3) is 0.674. The Morgan fingerprint density at radius 3 is 2.04 bits per heavy atom. The first-order chi connectivity index (χ1) is 23.0. The summed E-state index contributed by atoms with van der Waals surface area (Å²) < 4.78 is 18.1. The van der Waals surface area contributed by atoms with Crippen LogP contribution in [0.4, 0.5) is 4.79 Å². The van der Waals surface area contributed by atoms with Gasteiger partial charge in [-0.3, -0.25) is 0 Å². The minimum absolute atomic E-state index is 0.0671. The maximum atomic E-state index is 13.7. The van der Waals surface area contributed by atoms with E-state index in [1.54, 1.807) is 20.8 Å². The van der Waals surface area contributed by atoms with Gasteiger partial charge >= 0.3 is 12.1 Å². The van der Waals surface area contributed by atoms with Crippen molar-refractivity contribution in [3.05, 3.63) is 58.1 Å². The highest BCUT2D eigenvalue weighted by molar-refractivity contribution is 5.84. The van der Waals surface area contributed by atoms with Gasteiger partial charge in [-0.15, -0.1) is 0 Å². The van der Waals surface area contributed by atoms with E-state index in [1.807, 2.05) is 44.2 Å². The molecule has 1 aliphatic rings. The van der Waals surface area contributed by atoms with Crippen molar-refractivity contribution in [2.45, 2.75) is 158 Å². The lowest BCUT2D eigenvalue weighted by atomic mass is 9.75. The molecule has 2 aromatic rings. The van der Waals surface area contributed by atoms with E-state index in [2.05, 4.69) is 46.9 Å². The third-order valence-corrected chi connectivity index (χ3v) is 10.3. The number of hydrogen-bond donors (Lipinski definition) is 1. The Labute approximate surface area is 298 Å². The number of fused-ring (bicyclic) bond motifs is 1. The summed E-state index contributed by atoms with van der Waals surface area (Å²) in [7, 11) is 0. The maximum Gasteiger partial charge on any atom is 0.408 e. The summed E-state index contributed by atoms with van der Waals surface area (Å²) in [6.07, 6.45) is 12.3. The van der Waals surface area contributed by atoms with E-state index in [-0.39, 0.29) is 11.8 Å². The predicted molar refractivity (Wildman–Crippen MR) is 202 cm³/mol. The smallest absolute Gasteiger partial charge is 0.408 e. The first-order valence-electron chi connectivity index (χ1n) is 19.0. The van der Waals surface area contributed by atoms with E-state index < -0.39 is 23.7 Å². The van der Waals surface area contributed by atoms with Crippen LogP contribution in [0.1, 0.15) is 141 Å². The van der Waals surface area contributed by atoms with Crippen LogP contribution in [0.5, 0.6) is 11.5 Å². The summed E-state index contributed by atoms with van der Waals surface area (Å²) >= 11 is 0. The average Bonchev–Trinajstić information content (AvgIpc) is 3.01. The maximum absolute atomic E-state index is 13.7. The molecule has 0 spiro atoms. The van der Waals surface area contributed by atoms with Crippen molar-refractivity contribution in [1.82, 2.24) is 5.32 Å². The van der Waals surface area contributed by atoms with Gasteiger partial charge in [0.1, 0.15) is 23.1 Å². The fourth-order valence-corrected chi connectivity index (χ4v) is 7.14. The quantitative estimate of drug-likeness (QED) is 0.133. The molecule has 274 valence electrons. The third kappa shape index (κ3) is 13.0. The van der Waals surface area contributed by atoms with Crippen LogP contribution in [-0.4, -0.2) is 30.3 Å². The number of benzene rings is 2. The van der Waals surface area contributed by atoms with Crippen molar-refractivity contribution in [1.29, 1.82) is 0 Å². The van der Waals surface area contributed by atoms with E-state index in [0.29, 0.717) is 12.4 Å². The average molecular weight is 678 g/mol. The van der Waals surface area contributed by atoms with E-state index in [0.717, 1.165) is 58.6 Å². The van der Waals surface area contributed by atoms with Crippen molar-refractivity contribution in [3.63, 3.8) is 0 Å². The Morgan fingerprint density at radius 1 is 0.857 bits per heavy atom. The molecule has 49 heavy (non-hydrogen) atoms. The first kappa shape index (κ1) is 40.4. The summed E-state index contributed by atoms with van der Waals surface area (Å²) in [5.41, 5.74) is 4.37. The van der Waals surface area contributed by atoms with Crippen LogP contribution < -0.4 is 14.8 Å². The summed E-state index contributed by atoms with van der Waals surface area (Å²) in [6, 6.07) is 8.69. The van der Waals surface area contributed by atoms with Gasteiger partial charge in [-0.1, -0.05) is 116 Å². The monoisotopic (exact) mass is 678 g/mol. The van der Waals surface area contributed by atoms with E-state index >= 15 is 0 Å². The Balaban J connectivity index is 1.62. The van der Waals surface area contributed by atoms with Gasteiger partial charge in [0, 0.05) is 17.4 Å². The molecular weight excluding hydrogens is 610 g/mol. The van der Waals surface area contributed by atoms with Gasteiger partial charge in [0.15, 0.2) is 0 Å². The number of ether oxygens (including phenoxy) is 3. The van der Waals surface area contributed by atoms with Gasteiger partial charge < -0.3 is 19.5 Å². The first-order valence-corrected chi connectivity index (χ1v) is 19.0. The van der Waals surface area contributed by atoms with Crippen molar-refractivity contribution in [2.24, 2.45) is 23.2 Å². The highest BCUT2D eigenvalue weighted by Crippen LogP contribution is 2.46. The molecule has 0 unspecified atom stereocenters. The van der Waals surface area contributed by atoms with Gasteiger partial charge in [0.25, 0.3) is 0 Å². The van der Waals surface area contributed by atoms with E-state index in [4.69, 9.17) is 14.2 Å². The van der Waals surface area contributed by atoms with Gasteiger partial charge in [0.05, 0.1) is 6.61 Å². The minimum atomic E-state index is -0.919. The van der Waals surface area contributed by atoms with Crippen LogP contribution in [0.25, 0.3) is 0 Å². The van der Waals surface area contributed by atoms with Crippen LogP contribution in [-0.2, 0) is 22.4 Å². The Morgan fingerprint density at radius 2 is 1.45 bits per heavy atom. The highest BCUT2D eigenvalue weighted by Gasteiger charge is 2.35. The Hall–Kier alpha value is -3.02. The van der Waals surface area contributed by atoms with Crippen molar-refractivity contribution in [2.75, 3.05) is 6.61 Å². The topological polar surface area (TPSA) is 73.9 Å². The molecule has 6 nitrogen and oxygen atoms in total. The number of carbonyl (C=O) groups is 2. The molecule has 0 bridgehead atoms. The van der Waals surface area contributed by atoms with Gasteiger partial charge in [-0.25, -0.2) is 9.59 Å². The molecule has 0 fully saturated rings. The van der Waals surface area contributed by atoms with E-state index in [9.17, 15) is 9.59 Å². The van der Waals surface area contributed by atoms with Crippen molar-refractivity contribution < 1.29 is 23.8 Å². The van der Waals surface area contributed by atoms with E-state index in [1.165, 1.54) is 56.9 Å². The van der Waals surface area contributed by atoms with Gasteiger partial charge in [0.2, 0.25) is 0 Å². The molecule has 0 saturated heterocycles. The number of alkyl carbamates (subject to hydrolysis) is 1. The largest absolute Gasteiger partial charge is 0.492 e. The Bertz CT molecular complexity index is 1360. The number of carbonyl (C=O) groups excluding carboxylic acids is 2. The molecule has 3 rings (SSSR count). The summed E-state index contributed by atoms with van der Waals surface area (Å²) in [5, 5.41) is 2.76. The highest BCUT2D eigenvalue weighted by atomic mass is 16.6. The van der Waals surface area contributed by atoms with Crippen LogP contribution >= 0.6 is 0 Å². The van der Waals surface area contributed by atoms with Crippen LogP contribution in [0.2, 0.25) is 0 Å². The third-order valence-electron chi connectivity index (χ3n) is 10.3. The molecule has 0 radical (unpaired) electrons. The zero-order valence-corrected chi connectivity index (χ0v) is 32.7. The number of rotatable bonds is 17. The van der Waals surface area contributed by atoms with Crippen molar-refractivity contribution >= 4 is 12.1 Å². The summed E-state index contributed by atoms with van der Waals surface area (Å²) in [6.45, 7) is 24.0. The second kappa shape index (κ2) is 18.3. The molecule has 2 aromatic carbocycles. The van der Waals surface area contributed by atoms with Crippen LogP contribution in [0.15, 0.2) is 30.3 Å². The number of hydrogen-bond acceptors (Lipinski definition) is 5. The summed E-state index contributed by atoms with van der Waals surface area (Å²) in [5.74, 6) is 3.22. The molecule has 1 N–H and O–H groups in total. The lowest BCUT2D eigenvalue weighted by molar-refractivity contribution is -0.136. The molecule has 0 saturated carbocycles. The van der Waals surface area contributed by atoms with Gasteiger partial charge in [-0.05, 0) is 94.4 Å². The predicted octanol–water partition coefficient (Wildman–Crippen LogP) is 11.0. The fourth-order valence-electron chi connectivity index (χ4n) is 7.14. The second-order valence-corrected chi connectivity index (χ2v) is 17.0. The molecule has 0 aromatic heterocycles. The van der Waals surface area contributed by atoms with Gasteiger partial charge in [-0.2, -0.15) is 0 Å². The summed E-state index contributed by atoms with van der Waals surface area (Å²) in [4.78, 5) is 26.4. The number of nitrogens with one attached hydrogen (secondary N) is 1. The number of esters is 1. The standard InChI is InChI=1S/C43H67NO5/c1-29(2)18-15-19-30(3)20-16-21-31(4)22-17-25-43(11)27-36-32(5)33(6)38(34(7)39(36)47-28-43)48-40(45)37(26-35-23-13-12-14-24-35)44-41(46)49-42(8,9)10/h12-14,23-24,29-31,37H,15-22,25-28H2,1-11H3,(H,44,46)/t30-,31+,37+,43-/m0/s1.